The van der Waals surface area contributed by atoms with Gasteiger partial charge in [0.1, 0.15) is 17.3 Å². The minimum absolute atomic E-state index is 0.0311. The van der Waals surface area contributed by atoms with Crippen LogP contribution in [0, 0.1) is 5.82 Å². The van der Waals surface area contributed by atoms with Gasteiger partial charge in [0.05, 0.1) is 12.7 Å². The summed E-state index contributed by atoms with van der Waals surface area (Å²) in [6.45, 7) is 0. The highest BCUT2D eigenvalue weighted by molar-refractivity contribution is 6.00. The molecule has 2 aromatic rings. The van der Waals surface area contributed by atoms with Crippen molar-refractivity contribution in [2.45, 2.75) is 12.5 Å². The van der Waals surface area contributed by atoms with E-state index in [2.05, 4.69) is 0 Å². The fourth-order valence-corrected chi connectivity index (χ4v) is 2.32. The summed E-state index contributed by atoms with van der Waals surface area (Å²) in [5.74, 6) is 0.143. The number of methoxy groups -OCH3 is 1. The molecule has 0 fully saturated rings. The van der Waals surface area contributed by atoms with Crippen LogP contribution >= 0.6 is 0 Å². The van der Waals surface area contributed by atoms with Crippen molar-refractivity contribution in [3.63, 3.8) is 0 Å². The second-order valence-corrected chi connectivity index (χ2v) is 4.63. The lowest BCUT2D eigenvalue weighted by Crippen LogP contribution is -2.26. The number of carbonyl (C=O) groups is 1. The molecular formula is C16H13FO3. The first-order valence-corrected chi connectivity index (χ1v) is 6.31. The smallest absolute Gasteiger partial charge is 0.206 e. The molecule has 0 spiro atoms. The summed E-state index contributed by atoms with van der Waals surface area (Å²) in [6, 6.07) is 11.7. The topological polar surface area (TPSA) is 35.5 Å². The third-order valence-electron chi connectivity index (χ3n) is 3.38. The van der Waals surface area contributed by atoms with Gasteiger partial charge in [-0.25, -0.2) is 4.39 Å². The lowest BCUT2D eigenvalue weighted by molar-refractivity contribution is 0.0820. The lowest BCUT2D eigenvalue weighted by atomic mass is 10.0. The van der Waals surface area contributed by atoms with E-state index in [0.717, 1.165) is 5.56 Å². The van der Waals surface area contributed by atoms with Crippen molar-refractivity contribution < 1.29 is 18.7 Å². The van der Waals surface area contributed by atoms with Gasteiger partial charge in [-0.05, 0) is 23.8 Å². The minimum Gasteiger partial charge on any atom is -0.497 e. The Bertz CT molecular complexity index is 642. The minimum atomic E-state index is -0.657. The predicted molar refractivity (Wildman–Crippen MR) is 71.8 cm³/mol. The molecule has 102 valence electrons. The van der Waals surface area contributed by atoms with Crippen molar-refractivity contribution in [3.05, 3.63) is 59.4 Å². The van der Waals surface area contributed by atoms with Crippen LogP contribution in [-0.4, -0.2) is 19.0 Å². The SMILES string of the molecule is COc1ccc(C(=O)C2Cc3ccccc3O2)c(F)c1. The molecule has 0 radical (unpaired) electrons. The average Bonchev–Trinajstić information content (AvgIpc) is 2.90. The van der Waals surface area contributed by atoms with Gasteiger partial charge in [-0.1, -0.05) is 18.2 Å². The van der Waals surface area contributed by atoms with Gasteiger partial charge in [0, 0.05) is 12.5 Å². The van der Waals surface area contributed by atoms with Crippen molar-refractivity contribution in [1.29, 1.82) is 0 Å². The molecule has 1 aliphatic heterocycles. The molecule has 0 saturated heterocycles. The van der Waals surface area contributed by atoms with E-state index >= 15 is 0 Å². The zero-order chi connectivity index (χ0) is 14.1. The third kappa shape index (κ3) is 2.13. The molecule has 1 atom stereocenters. The average molecular weight is 272 g/mol. The van der Waals surface area contributed by atoms with Gasteiger partial charge >= 0.3 is 0 Å². The summed E-state index contributed by atoms with van der Waals surface area (Å²) in [4.78, 5) is 12.3. The van der Waals surface area contributed by atoms with E-state index < -0.39 is 11.9 Å². The monoisotopic (exact) mass is 272 g/mol. The molecule has 3 nitrogen and oxygen atoms in total. The van der Waals surface area contributed by atoms with Gasteiger partial charge in [0.15, 0.2) is 6.10 Å². The van der Waals surface area contributed by atoms with Crippen molar-refractivity contribution in [3.8, 4) is 11.5 Å². The summed E-state index contributed by atoms with van der Waals surface area (Å²) in [6.07, 6.45) is -0.184. The first-order valence-electron chi connectivity index (χ1n) is 6.31. The Morgan fingerprint density at radius 3 is 2.80 bits per heavy atom. The van der Waals surface area contributed by atoms with Gasteiger partial charge in [-0.15, -0.1) is 0 Å². The molecule has 20 heavy (non-hydrogen) atoms. The molecule has 0 N–H and O–H groups in total. The number of para-hydroxylation sites is 1. The van der Waals surface area contributed by atoms with Crippen LogP contribution in [0.25, 0.3) is 0 Å². The standard InChI is InChI=1S/C16H13FO3/c1-19-11-6-7-12(13(17)9-11)16(18)15-8-10-4-2-3-5-14(10)20-15/h2-7,9,15H,8H2,1H3. The van der Waals surface area contributed by atoms with Crippen molar-refractivity contribution in [1.82, 2.24) is 0 Å². The number of fused-ring (bicyclic) bond motifs is 1. The highest BCUT2D eigenvalue weighted by atomic mass is 19.1. The molecule has 0 amide bonds. The predicted octanol–water partition coefficient (Wildman–Crippen LogP) is 3.02. The highest BCUT2D eigenvalue weighted by Crippen LogP contribution is 2.30. The molecule has 3 rings (SSSR count). The Morgan fingerprint density at radius 2 is 2.10 bits per heavy atom. The molecule has 1 unspecified atom stereocenters. The Balaban J connectivity index is 1.85. The van der Waals surface area contributed by atoms with E-state index in [1.807, 2.05) is 24.3 Å². The number of rotatable bonds is 3. The number of hydrogen-bond acceptors (Lipinski definition) is 3. The number of benzene rings is 2. The van der Waals surface area contributed by atoms with Crippen molar-refractivity contribution >= 4 is 5.78 Å². The Morgan fingerprint density at radius 1 is 1.30 bits per heavy atom. The van der Waals surface area contributed by atoms with Crippen LogP contribution in [0.15, 0.2) is 42.5 Å². The number of ketones is 1. The zero-order valence-electron chi connectivity index (χ0n) is 10.9. The van der Waals surface area contributed by atoms with Gasteiger partial charge in [-0.2, -0.15) is 0 Å². The van der Waals surface area contributed by atoms with Crippen LogP contribution in [0.2, 0.25) is 0 Å². The maximum Gasteiger partial charge on any atom is 0.206 e. The molecule has 0 bridgehead atoms. The van der Waals surface area contributed by atoms with E-state index in [-0.39, 0.29) is 11.3 Å². The number of halogens is 1. The number of Topliss-reactive ketones (excluding diaryl/α,β-unsaturated/α-hetero) is 1. The Kier molecular flexibility index (Phi) is 3.14. The summed E-state index contributed by atoms with van der Waals surface area (Å²) in [7, 11) is 1.45. The first-order chi connectivity index (χ1) is 9.69. The van der Waals surface area contributed by atoms with Gasteiger partial charge in [0.2, 0.25) is 5.78 Å². The second-order valence-electron chi connectivity index (χ2n) is 4.63. The maximum absolute atomic E-state index is 13.9. The molecule has 4 heteroatoms. The quantitative estimate of drug-likeness (QED) is 0.806. The van der Waals surface area contributed by atoms with Gasteiger partial charge in [0.25, 0.3) is 0 Å². The molecular weight excluding hydrogens is 259 g/mol. The van der Waals surface area contributed by atoms with Gasteiger partial charge in [-0.3, -0.25) is 4.79 Å². The van der Waals surface area contributed by atoms with Crippen LogP contribution in [0.4, 0.5) is 4.39 Å². The Labute approximate surface area is 115 Å². The normalized spacial score (nSPS) is 16.4. The van der Waals surface area contributed by atoms with E-state index in [1.54, 1.807) is 6.07 Å². The van der Waals surface area contributed by atoms with Crippen molar-refractivity contribution in [2.75, 3.05) is 7.11 Å². The summed E-state index contributed by atoms with van der Waals surface area (Å²) >= 11 is 0. The van der Waals surface area contributed by atoms with Crippen LogP contribution in [0.5, 0.6) is 11.5 Å². The largest absolute Gasteiger partial charge is 0.497 e. The summed E-state index contributed by atoms with van der Waals surface area (Å²) < 4.78 is 24.4. The number of hydrogen-bond donors (Lipinski definition) is 0. The van der Waals surface area contributed by atoms with Crippen LogP contribution in [-0.2, 0) is 6.42 Å². The fraction of sp³-hybridized carbons (Fsp3) is 0.188. The fourth-order valence-electron chi connectivity index (χ4n) is 2.32. The van der Waals surface area contributed by atoms with E-state index in [9.17, 15) is 9.18 Å². The lowest BCUT2D eigenvalue weighted by Gasteiger charge is -2.11. The second kappa shape index (κ2) is 4.96. The molecule has 0 aromatic heterocycles. The van der Waals surface area contributed by atoms with E-state index in [0.29, 0.717) is 17.9 Å². The number of ether oxygens (including phenoxy) is 2. The Hall–Kier alpha value is -2.36. The molecule has 0 aliphatic carbocycles. The summed E-state index contributed by atoms with van der Waals surface area (Å²) in [5, 5.41) is 0. The van der Waals surface area contributed by atoms with Crippen LogP contribution < -0.4 is 9.47 Å². The zero-order valence-corrected chi connectivity index (χ0v) is 10.9. The molecule has 1 aliphatic rings. The molecule has 0 saturated carbocycles. The first kappa shape index (κ1) is 12.7. The van der Waals surface area contributed by atoms with E-state index in [1.165, 1.54) is 19.2 Å². The van der Waals surface area contributed by atoms with Crippen LogP contribution in [0.1, 0.15) is 15.9 Å². The molecule has 2 aromatic carbocycles. The number of carbonyl (C=O) groups excluding carboxylic acids is 1. The maximum atomic E-state index is 13.9. The van der Waals surface area contributed by atoms with Crippen molar-refractivity contribution in [2.24, 2.45) is 0 Å². The van der Waals surface area contributed by atoms with E-state index in [4.69, 9.17) is 9.47 Å². The highest BCUT2D eigenvalue weighted by Gasteiger charge is 2.31. The van der Waals surface area contributed by atoms with Gasteiger partial charge < -0.3 is 9.47 Å². The van der Waals surface area contributed by atoms with Crippen LogP contribution in [0.3, 0.4) is 0 Å². The molecule has 1 heterocycles. The summed E-state index contributed by atoms with van der Waals surface area (Å²) in [5.41, 5.74) is 1.00. The third-order valence-corrected chi connectivity index (χ3v) is 3.38.